The van der Waals surface area contributed by atoms with Gasteiger partial charge in [-0.05, 0) is 19.1 Å². The Labute approximate surface area is 132 Å². The van der Waals surface area contributed by atoms with Gasteiger partial charge in [0.05, 0.1) is 12.2 Å². The van der Waals surface area contributed by atoms with Crippen LogP contribution in [0, 0.1) is 5.82 Å². The summed E-state index contributed by atoms with van der Waals surface area (Å²) in [5.74, 6) is -0.182. The Hall–Kier alpha value is -2.64. The molecule has 0 radical (unpaired) electrons. The molecule has 0 saturated carbocycles. The van der Waals surface area contributed by atoms with Gasteiger partial charge in [0.2, 0.25) is 5.82 Å². The molecule has 0 aliphatic carbocycles. The van der Waals surface area contributed by atoms with E-state index in [4.69, 9.17) is 9.26 Å². The van der Waals surface area contributed by atoms with Gasteiger partial charge in [0, 0.05) is 26.2 Å². The van der Waals surface area contributed by atoms with E-state index in [1.165, 1.54) is 6.07 Å². The number of ether oxygens (including phenoxy) is 1. The zero-order valence-electron chi connectivity index (χ0n) is 12.7. The number of halogens is 1. The first-order valence-corrected chi connectivity index (χ1v) is 7.44. The number of hydrogen-bond acceptors (Lipinski definition) is 6. The van der Waals surface area contributed by atoms with Crippen LogP contribution in [0.4, 0.5) is 15.2 Å². The topological polar surface area (TPSA) is 71.7 Å². The SMILES string of the molecule is CCOC(=O)N1CCN(c2nc(-c3ccccc3F)no2)CC1. The monoisotopic (exact) mass is 320 g/mol. The molecule has 1 aliphatic heterocycles. The molecule has 23 heavy (non-hydrogen) atoms. The zero-order valence-corrected chi connectivity index (χ0v) is 12.7. The number of carbonyl (C=O) groups excluding carboxylic acids is 1. The van der Waals surface area contributed by atoms with Crippen molar-refractivity contribution < 1.29 is 18.4 Å². The van der Waals surface area contributed by atoms with E-state index in [0.717, 1.165) is 0 Å². The van der Waals surface area contributed by atoms with Crippen LogP contribution in [0.15, 0.2) is 28.8 Å². The van der Waals surface area contributed by atoms with Crippen molar-refractivity contribution in [2.24, 2.45) is 0 Å². The van der Waals surface area contributed by atoms with Crippen molar-refractivity contribution in [3.05, 3.63) is 30.1 Å². The first kappa shape index (κ1) is 15.3. The second kappa shape index (κ2) is 6.64. The number of anilines is 1. The first-order valence-electron chi connectivity index (χ1n) is 7.44. The van der Waals surface area contributed by atoms with E-state index in [1.54, 1.807) is 30.0 Å². The predicted octanol–water partition coefficient (Wildman–Crippen LogP) is 2.15. The summed E-state index contributed by atoms with van der Waals surface area (Å²) in [6.45, 7) is 4.26. The number of hydrogen-bond donors (Lipinski definition) is 0. The zero-order chi connectivity index (χ0) is 16.2. The molecule has 122 valence electrons. The third-order valence-corrected chi connectivity index (χ3v) is 3.61. The van der Waals surface area contributed by atoms with Crippen LogP contribution in [0.25, 0.3) is 11.4 Å². The van der Waals surface area contributed by atoms with Crippen LogP contribution in [0.5, 0.6) is 0 Å². The molecule has 1 fully saturated rings. The van der Waals surface area contributed by atoms with E-state index in [0.29, 0.717) is 44.4 Å². The number of nitrogens with zero attached hydrogens (tertiary/aromatic N) is 4. The molecule has 3 rings (SSSR count). The van der Waals surface area contributed by atoms with Crippen molar-refractivity contribution in [2.75, 3.05) is 37.7 Å². The van der Waals surface area contributed by atoms with E-state index >= 15 is 0 Å². The summed E-state index contributed by atoms with van der Waals surface area (Å²) in [6, 6.07) is 6.60. The van der Waals surface area contributed by atoms with Gasteiger partial charge >= 0.3 is 12.1 Å². The van der Waals surface area contributed by atoms with Gasteiger partial charge in [0.1, 0.15) is 5.82 Å². The third kappa shape index (κ3) is 3.25. The Balaban J connectivity index is 1.66. The Morgan fingerprint density at radius 3 is 2.74 bits per heavy atom. The highest BCUT2D eigenvalue weighted by molar-refractivity contribution is 5.68. The highest BCUT2D eigenvalue weighted by atomic mass is 19.1. The molecular formula is C15H17FN4O3. The van der Waals surface area contributed by atoms with Crippen LogP contribution in [0.1, 0.15) is 6.92 Å². The molecule has 8 heteroatoms. The van der Waals surface area contributed by atoms with Crippen molar-refractivity contribution in [1.29, 1.82) is 0 Å². The van der Waals surface area contributed by atoms with E-state index in [1.807, 2.05) is 4.90 Å². The lowest BCUT2D eigenvalue weighted by Gasteiger charge is -2.32. The lowest BCUT2D eigenvalue weighted by Crippen LogP contribution is -2.49. The second-order valence-electron chi connectivity index (χ2n) is 5.05. The first-order chi connectivity index (χ1) is 11.2. The summed E-state index contributed by atoms with van der Waals surface area (Å²) in [4.78, 5) is 19.4. The van der Waals surface area contributed by atoms with Crippen molar-refractivity contribution >= 4 is 12.1 Å². The fraction of sp³-hybridized carbons (Fsp3) is 0.400. The Morgan fingerprint density at radius 1 is 1.30 bits per heavy atom. The van der Waals surface area contributed by atoms with Crippen LogP contribution < -0.4 is 4.90 Å². The van der Waals surface area contributed by atoms with Crippen molar-refractivity contribution in [2.45, 2.75) is 6.92 Å². The average Bonchev–Trinajstić information content (AvgIpc) is 3.05. The maximum atomic E-state index is 13.7. The molecule has 2 aromatic rings. The number of amides is 1. The summed E-state index contributed by atoms with van der Waals surface area (Å²) in [5, 5.41) is 3.83. The number of carbonyl (C=O) groups is 1. The molecule has 0 atom stereocenters. The van der Waals surface area contributed by atoms with Gasteiger partial charge in [0.15, 0.2) is 0 Å². The van der Waals surface area contributed by atoms with Gasteiger partial charge < -0.3 is 19.1 Å². The van der Waals surface area contributed by atoms with Gasteiger partial charge in [-0.15, -0.1) is 0 Å². The summed E-state index contributed by atoms with van der Waals surface area (Å²) in [5.41, 5.74) is 0.299. The molecule has 0 unspecified atom stereocenters. The third-order valence-electron chi connectivity index (χ3n) is 3.61. The predicted molar refractivity (Wildman–Crippen MR) is 80.5 cm³/mol. The number of aromatic nitrogens is 2. The minimum Gasteiger partial charge on any atom is -0.450 e. The van der Waals surface area contributed by atoms with Gasteiger partial charge in [-0.1, -0.05) is 17.3 Å². The minimum atomic E-state index is -0.396. The quantitative estimate of drug-likeness (QED) is 0.863. The van der Waals surface area contributed by atoms with E-state index in [-0.39, 0.29) is 11.9 Å². The van der Waals surface area contributed by atoms with Crippen LogP contribution in [0.3, 0.4) is 0 Å². The molecule has 1 aliphatic rings. The number of rotatable bonds is 3. The van der Waals surface area contributed by atoms with Crippen LogP contribution in [-0.2, 0) is 4.74 Å². The largest absolute Gasteiger partial charge is 0.450 e. The second-order valence-corrected chi connectivity index (χ2v) is 5.05. The van der Waals surface area contributed by atoms with Gasteiger partial charge in [-0.2, -0.15) is 4.98 Å². The van der Waals surface area contributed by atoms with Crippen molar-refractivity contribution in [1.82, 2.24) is 15.0 Å². The smallest absolute Gasteiger partial charge is 0.409 e. The Morgan fingerprint density at radius 2 is 2.04 bits per heavy atom. The van der Waals surface area contributed by atoms with Crippen LogP contribution in [-0.4, -0.2) is 53.9 Å². The maximum Gasteiger partial charge on any atom is 0.409 e. The number of benzene rings is 1. The van der Waals surface area contributed by atoms with Crippen LogP contribution >= 0.6 is 0 Å². The fourth-order valence-electron chi connectivity index (χ4n) is 2.39. The minimum absolute atomic E-state index is 0.214. The van der Waals surface area contributed by atoms with E-state index in [9.17, 15) is 9.18 Å². The maximum absolute atomic E-state index is 13.7. The molecule has 1 aromatic carbocycles. The van der Waals surface area contributed by atoms with E-state index in [2.05, 4.69) is 10.1 Å². The lowest BCUT2D eigenvalue weighted by molar-refractivity contribution is 0.104. The van der Waals surface area contributed by atoms with E-state index < -0.39 is 5.82 Å². The molecule has 1 saturated heterocycles. The highest BCUT2D eigenvalue weighted by Crippen LogP contribution is 2.23. The molecule has 0 spiro atoms. The lowest BCUT2D eigenvalue weighted by atomic mass is 10.2. The number of piperazine rings is 1. The highest BCUT2D eigenvalue weighted by Gasteiger charge is 2.25. The Bertz CT molecular complexity index is 683. The van der Waals surface area contributed by atoms with Crippen LogP contribution in [0.2, 0.25) is 0 Å². The summed E-state index contributed by atoms with van der Waals surface area (Å²) >= 11 is 0. The summed E-state index contributed by atoms with van der Waals surface area (Å²) in [7, 11) is 0. The summed E-state index contributed by atoms with van der Waals surface area (Å²) in [6.07, 6.45) is -0.315. The van der Waals surface area contributed by atoms with Gasteiger partial charge in [-0.3, -0.25) is 0 Å². The molecule has 1 aromatic heterocycles. The summed E-state index contributed by atoms with van der Waals surface area (Å²) < 4.78 is 23.9. The Kier molecular flexibility index (Phi) is 4.40. The molecule has 2 heterocycles. The fourth-order valence-corrected chi connectivity index (χ4v) is 2.39. The standard InChI is InChI=1S/C15H17FN4O3/c1-2-22-15(21)20-9-7-19(8-10-20)14-17-13(18-23-14)11-5-3-4-6-12(11)16/h3-6H,2,7-10H2,1H3. The average molecular weight is 320 g/mol. The molecular weight excluding hydrogens is 303 g/mol. The normalized spacial score (nSPS) is 14.9. The molecule has 7 nitrogen and oxygen atoms in total. The molecule has 0 N–H and O–H groups in total. The van der Waals surface area contributed by atoms with Gasteiger partial charge in [0.25, 0.3) is 0 Å². The molecule has 0 bridgehead atoms. The van der Waals surface area contributed by atoms with Crippen molar-refractivity contribution in [3.63, 3.8) is 0 Å². The van der Waals surface area contributed by atoms with Crippen molar-refractivity contribution in [3.8, 4) is 11.4 Å². The molecule has 1 amide bonds. The van der Waals surface area contributed by atoms with Gasteiger partial charge in [-0.25, -0.2) is 9.18 Å².